The first-order valence-electron chi connectivity index (χ1n) is 3.79. The molecule has 0 fully saturated rings. The van der Waals surface area contributed by atoms with Gasteiger partial charge in [0.05, 0.1) is 0 Å². The zero-order valence-corrected chi connectivity index (χ0v) is 7.00. The molecule has 0 heterocycles. The molecule has 0 spiro atoms. The lowest BCUT2D eigenvalue weighted by atomic mass is 9.77. The van der Waals surface area contributed by atoms with Gasteiger partial charge in [0.2, 0.25) is 0 Å². The van der Waals surface area contributed by atoms with Gasteiger partial charge >= 0.3 is 0 Å². The summed E-state index contributed by atoms with van der Waals surface area (Å²) in [5, 5.41) is 7.34. The Morgan fingerprint density at radius 2 is 2.25 bits per heavy atom. The summed E-state index contributed by atoms with van der Waals surface area (Å²) >= 11 is 0. The van der Waals surface area contributed by atoms with Gasteiger partial charge in [-0.1, -0.05) is 24.3 Å². The first-order chi connectivity index (χ1) is 5.59. The maximum atomic E-state index is 11.3. The molecule has 1 aliphatic carbocycles. The SMILES string of the molecule is CC(=O)C1(C(=N)N)C=CC=CC1. The Labute approximate surface area is 71.5 Å². The van der Waals surface area contributed by atoms with Crippen LogP contribution < -0.4 is 5.73 Å². The van der Waals surface area contributed by atoms with Crippen LogP contribution in [0, 0.1) is 10.8 Å². The van der Waals surface area contributed by atoms with Crippen LogP contribution in [0.15, 0.2) is 24.3 Å². The number of allylic oxidation sites excluding steroid dienone is 3. The lowest BCUT2D eigenvalue weighted by Crippen LogP contribution is -2.40. The standard InChI is InChI=1S/C9H12N2O/c1-7(12)9(8(10)11)5-3-2-4-6-9/h2-5H,6H2,1H3,(H3,10,11). The Bertz CT molecular complexity index is 262. The molecule has 64 valence electrons. The normalized spacial score (nSPS) is 27.1. The van der Waals surface area contributed by atoms with Crippen molar-refractivity contribution in [3.05, 3.63) is 24.3 Å². The monoisotopic (exact) mass is 164 g/mol. The summed E-state index contributed by atoms with van der Waals surface area (Å²) in [7, 11) is 0. The van der Waals surface area contributed by atoms with Crippen LogP contribution in [0.3, 0.4) is 0 Å². The quantitative estimate of drug-likeness (QED) is 0.472. The Morgan fingerprint density at radius 1 is 1.58 bits per heavy atom. The van der Waals surface area contributed by atoms with Gasteiger partial charge in [0.15, 0.2) is 0 Å². The number of amidine groups is 1. The van der Waals surface area contributed by atoms with E-state index in [1.807, 2.05) is 12.2 Å². The Hall–Kier alpha value is -1.38. The molecule has 0 bridgehead atoms. The van der Waals surface area contributed by atoms with E-state index in [2.05, 4.69) is 0 Å². The van der Waals surface area contributed by atoms with Crippen molar-refractivity contribution in [2.45, 2.75) is 13.3 Å². The molecule has 3 N–H and O–H groups in total. The first-order valence-corrected chi connectivity index (χ1v) is 3.79. The topological polar surface area (TPSA) is 66.9 Å². The van der Waals surface area contributed by atoms with Crippen molar-refractivity contribution in [1.29, 1.82) is 5.41 Å². The second-order valence-electron chi connectivity index (χ2n) is 2.93. The molecule has 0 saturated heterocycles. The van der Waals surface area contributed by atoms with Crippen LogP contribution in [-0.4, -0.2) is 11.6 Å². The van der Waals surface area contributed by atoms with Gasteiger partial charge in [-0.3, -0.25) is 10.2 Å². The molecule has 0 aromatic carbocycles. The van der Waals surface area contributed by atoms with E-state index in [4.69, 9.17) is 11.1 Å². The third kappa shape index (κ3) is 1.18. The zero-order valence-electron chi connectivity index (χ0n) is 7.00. The summed E-state index contributed by atoms with van der Waals surface area (Å²) < 4.78 is 0. The van der Waals surface area contributed by atoms with E-state index in [0.717, 1.165) is 0 Å². The van der Waals surface area contributed by atoms with E-state index >= 15 is 0 Å². The number of carbonyl (C=O) groups excluding carboxylic acids is 1. The molecule has 3 heteroatoms. The molecule has 0 radical (unpaired) electrons. The summed E-state index contributed by atoms with van der Waals surface area (Å²) in [5.74, 6) is -0.147. The Morgan fingerprint density at radius 3 is 2.50 bits per heavy atom. The van der Waals surface area contributed by atoms with Crippen molar-refractivity contribution in [1.82, 2.24) is 0 Å². The molecule has 1 atom stereocenters. The van der Waals surface area contributed by atoms with E-state index in [9.17, 15) is 4.79 Å². The average molecular weight is 164 g/mol. The van der Waals surface area contributed by atoms with Crippen molar-refractivity contribution in [2.75, 3.05) is 0 Å². The van der Waals surface area contributed by atoms with E-state index < -0.39 is 5.41 Å². The number of hydrogen-bond acceptors (Lipinski definition) is 2. The highest BCUT2D eigenvalue weighted by atomic mass is 16.1. The number of nitrogens with two attached hydrogens (primary N) is 1. The fourth-order valence-electron chi connectivity index (χ4n) is 1.27. The van der Waals surface area contributed by atoms with Gasteiger partial charge < -0.3 is 5.73 Å². The van der Waals surface area contributed by atoms with Crippen LogP contribution in [-0.2, 0) is 4.79 Å². The van der Waals surface area contributed by atoms with Crippen LogP contribution in [0.1, 0.15) is 13.3 Å². The summed E-state index contributed by atoms with van der Waals surface area (Å²) in [6.07, 6.45) is 7.66. The third-order valence-corrected chi connectivity index (χ3v) is 2.18. The van der Waals surface area contributed by atoms with E-state index in [-0.39, 0.29) is 11.6 Å². The van der Waals surface area contributed by atoms with Gasteiger partial charge in [0.25, 0.3) is 0 Å². The molecule has 0 aliphatic heterocycles. The van der Waals surface area contributed by atoms with Gasteiger partial charge in [-0.05, 0) is 13.3 Å². The summed E-state index contributed by atoms with van der Waals surface area (Å²) in [4.78, 5) is 11.3. The highest BCUT2D eigenvalue weighted by Gasteiger charge is 2.35. The van der Waals surface area contributed by atoms with Crippen LogP contribution in [0.4, 0.5) is 0 Å². The number of ketones is 1. The predicted octanol–water partition coefficient (Wildman–Crippen LogP) is 1.01. The number of carbonyl (C=O) groups is 1. The summed E-state index contributed by atoms with van der Waals surface area (Å²) in [5.41, 5.74) is 4.51. The maximum absolute atomic E-state index is 11.3. The van der Waals surface area contributed by atoms with E-state index in [0.29, 0.717) is 6.42 Å². The maximum Gasteiger partial charge on any atom is 0.147 e. The second-order valence-corrected chi connectivity index (χ2v) is 2.93. The predicted molar refractivity (Wildman–Crippen MR) is 47.9 cm³/mol. The smallest absolute Gasteiger partial charge is 0.147 e. The van der Waals surface area contributed by atoms with Gasteiger partial charge in [-0.15, -0.1) is 0 Å². The first kappa shape index (κ1) is 8.71. The number of nitrogens with one attached hydrogen (secondary N) is 1. The minimum atomic E-state index is -0.866. The highest BCUT2D eigenvalue weighted by molar-refractivity contribution is 6.08. The minimum absolute atomic E-state index is 0.0735. The van der Waals surface area contributed by atoms with Crippen molar-refractivity contribution in [3.63, 3.8) is 0 Å². The molecular weight excluding hydrogens is 152 g/mol. The average Bonchev–Trinajstić information content (AvgIpc) is 2.05. The van der Waals surface area contributed by atoms with Crippen LogP contribution in [0.25, 0.3) is 0 Å². The molecule has 3 nitrogen and oxygen atoms in total. The molecule has 12 heavy (non-hydrogen) atoms. The molecule has 0 aromatic heterocycles. The lowest BCUT2D eigenvalue weighted by Gasteiger charge is -2.26. The van der Waals surface area contributed by atoms with Crippen molar-refractivity contribution in [2.24, 2.45) is 11.1 Å². The minimum Gasteiger partial charge on any atom is -0.387 e. The van der Waals surface area contributed by atoms with Gasteiger partial charge in [0.1, 0.15) is 17.0 Å². The molecule has 0 aromatic rings. The van der Waals surface area contributed by atoms with Crippen molar-refractivity contribution < 1.29 is 4.79 Å². The Balaban J connectivity index is 3.04. The van der Waals surface area contributed by atoms with Crippen molar-refractivity contribution in [3.8, 4) is 0 Å². The lowest BCUT2D eigenvalue weighted by molar-refractivity contribution is -0.121. The third-order valence-electron chi connectivity index (χ3n) is 2.18. The van der Waals surface area contributed by atoms with Gasteiger partial charge in [0, 0.05) is 0 Å². The molecule has 0 saturated carbocycles. The number of Topliss-reactive ketones (excluding diaryl/α,β-unsaturated/α-hetero) is 1. The fraction of sp³-hybridized carbons (Fsp3) is 0.333. The van der Waals surface area contributed by atoms with Gasteiger partial charge in [-0.25, -0.2) is 0 Å². The largest absolute Gasteiger partial charge is 0.387 e. The van der Waals surface area contributed by atoms with Crippen LogP contribution >= 0.6 is 0 Å². The molecule has 0 amide bonds. The van der Waals surface area contributed by atoms with E-state index in [1.54, 1.807) is 12.2 Å². The van der Waals surface area contributed by atoms with Crippen LogP contribution in [0.2, 0.25) is 0 Å². The van der Waals surface area contributed by atoms with Gasteiger partial charge in [-0.2, -0.15) is 0 Å². The zero-order chi connectivity index (χ0) is 9.19. The molecular formula is C9H12N2O. The molecule has 1 aliphatic rings. The molecule has 1 unspecified atom stereocenters. The van der Waals surface area contributed by atoms with Crippen molar-refractivity contribution >= 4 is 11.6 Å². The number of rotatable bonds is 2. The highest BCUT2D eigenvalue weighted by Crippen LogP contribution is 2.28. The second kappa shape index (κ2) is 2.93. The fourth-order valence-corrected chi connectivity index (χ4v) is 1.27. The molecule has 1 rings (SSSR count). The summed E-state index contributed by atoms with van der Waals surface area (Å²) in [6.45, 7) is 1.46. The number of hydrogen-bond donors (Lipinski definition) is 2. The van der Waals surface area contributed by atoms with Crippen LogP contribution in [0.5, 0.6) is 0 Å². The van der Waals surface area contributed by atoms with E-state index in [1.165, 1.54) is 6.92 Å². The Kier molecular flexibility index (Phi) is 2.13. The summed E-state index contributed by atoms with van der Waals surface area (Å²) in [6, 6.07) is 0.